The third kappa shape index (κ3) is 3.95. The highest BCUT2D eigenvalue weighted by atomic mass is 16.5. The van der Waals surface area contributed by atoms with Gasteiger partial charge in [0, 0.05) is 32.0 Å². The first kappa shape index (κ1) is 14.8. The first-order valence-electron chi connectivity index (χ1n) is 7.34. The molecule has 1 unspecified atom stereocenters. The minimum atomic E-state index is -0.238. The smallest absolute Gasteiger partial charge is 0.305 e. The van der Waals surface area contributed by atoms with Crippen molar-refractivity contribution in [1.29, 1.82) is 0 Å². The molecule has 1 saturated heterocycles. The van der Waals surface area contributed by atoms with Crippen molar-refractivity contribution in [2.45, 2.75) is 45.1 Å². The fourth-order valence-electron chi connectivity index (χ4n) is 2.47. The Morgan fingerprint density at radius 3 is 2.80 bits per heavy atom. The van der Waals surface area contributed by atoms with Crippen molar-refractivity contribution in [2.24, 2.45) is 5.92 Å². The van der Waals surface area contributed by atoms with E-state index >= 15 is 0 Å². The minimum Gasteiger partial charge on any atom is -0.466 e. The molecule has 0 aromatic heterocycles. The molecule has 0 aromatic carbocycles. The SMILES string of the molecule is CCOC(=O)CCCNC(=O)C1CC(=O)N(C2CC2)C1. The van der Waals surface area contributed by atoms with Crippen molar-refractivity contribution in [3.63, 3.8) is 0 Å². The molecule has 112 valence electrons. The Labute approximate surface area is 118 Å². The Balaban J connectivity index is 1.63. The zero-order valence-electron chi connectivity index (χ0n) is 11.9. The maximum atomic E-state index is 11.9. The largest absolute Gasteiger partial charge is 0.466 e. The van der Waals surface area contributed by atoms with E-state index in [9.17, 15) is 14.4 Å². The van der Waals surface area contributed by atoms with Crippen LogP contribution in [0.3, 0.4) is 0 Å². The number of carbonyl (C=O) groups excluding carboxylic acids is 3. The maximum absolute atomic E-state index is 11.9. The molecule has 1 aliphatic carbocycles. The van der Waals surface area contributed by atoms with Gasteiger partial charge in [0.05, 0.1) is 12.5 Å². The number of nitrogens with one attached hydrogen (secondary N) is 1. The molecule has 2 rings (SSSR count). The van der Waals surface area contributed by atoms with Crippen LogP contribution in [0.15, 0.2) is 0 Å². The van der Waals surface area contributed by atoms with Crippen molar-refractivity contribution in [2.75, 3.05) is 19.7 Å². The summed E-state index contributed by atoms with van der Waals surface area (Å²) in [7, 11) is 0. The van der Waals surface area contributed by atoms with Crippen molar-refractivity contribution >= 4 is 17.8 Å². The summed E-state index contributed by atoms with van der Waals surface area (Å²) in [6.45, 7) is 3.15. The van der Waals surface area contributed by atoms with Gasteiger partial charge in [-0.1, -0.05) is 0 Å². The summed E-state index contributed by atoms with van der Waals surface area (Å²) >= 11 is 0. The lowest BCUT2D eigenvalue weighted by Gasteiger charge is -2.15. The summed E-state index contributed by atoms with van der Waals surface area (Å²) < 4.78 is 4.81. The van der Waals surface area contributed by atoms with E-state index in [1.807, 2.05) is 4.90 Å². The van der Waals surface area contributed by atoms with Crippen LogP contribution < -0.4 is 5.32 Å². The second-order valence-corrected chi connectivity index (χ2v) is 5.38. The van der Waals surface area contributed by atoms with Gasteiger partial charge in [0.25, 0.3) is 0 Å². The molecule has 0 spiro atoms. The number of likely N-dealkylation sites (tertiary alicyclic amines) is 1. The van der Waals surface area contributed by atoms with Crippen molar-refractivity contribution in [3.8, 4) is 0 Å². The minimum absolute atomic E-state index is 0.0784. The molecule has 2 aliphatic rings. The van der Waals surface area contributed by atoms with Gasteiger partial charge < -0.3 is 15.0 Å². The molecule has 1 heterocycles. The van der Waals surface area contributed by atoms with Gasteiger partial charge in [-0.2, -0.15) is 0 Å². The third-order valence-electron chi connectivity index (χ3n) is 3.68. The molecule has 6 nitrogen and oxygen atoms in total. The van der Waals surface area contributed by atoms with Crippen LogP contribution in [0.4, 0.5) is 0 Å². The first-order chi connectivity index (χ1) is 9.61. The van der Waals surface area contributed by atoms with E-state index < -0.39 is 0 Å². The van der Waals surface area contributed by atoms with Gasteiger partial charge in [0.2, 0.25) is 11.8 Å². The van der Waals surface area contributed by atoms with Crippen LogP contribution in [0.25, 0.3) is 0 Å². The highest BCUT2D eigenvalue weighted by Crippen LogP contribution is 2.32. The number of amides is 2. The number of hydrogen-bond donors (Lipinski definition) is 1. The summed E-state index contributed by atoms with van der Waals surface area (Å²) in [5, 5.41) is 2.80. The van der Waals surface area contributed by atoms with Crippen LogP contribution in [0.2, 0.25) is 0 Å². The van der Waals surface area contributed by atoms with Gasteiger partial charge in [-0.15, -0.1) is 0 Å². The third-order valence-corrected chi connectivity index (χ3v) is 3.68. The lowest BCUT2D eigenvalue weighted by Crippen LogP contribution is -2.34. The summed E-state index contributed by atoms with van der Waals surface area (Å²) in [4.78, 5) is 36.7. The molecule has 1 atom stereocenters. The van der Waals surface area contributed by atoms with Gasteiger partial charge in [-0.25, -0.2) is 0 Å². The number of nitrogens with zero attached hydrogens (tertiary/aromatic N) is 1. The van der Waals surface area contributed by atoms with E-state index in [1.165, 1.54) is 0 Å². The Kier molecular flexibility index (Phi) is 4.98. The summed E-state index contributed by atoms with van der Waals surface area (Å²) in [6.07, 6.45) is 3.34. The summed E-state index contributed by atoms with van der Waals surface area (Å²) in [5.74, 6) is -0.451. The topological polar surface area (TPSA) is 75.7 Å². The average molecular weight is 282 g/mol. The van der Waals surface area contributed by atoms with E-state index in [0.717, 1.165) is 12.8 Å². The lowest BCUT2D eigenvalue weighted by atomic mass is 10.1. The van der Waals surface area contributed by atoms with E-state index in [4.69, 9.17) is 4.74 Å². The van der Waals surface area contributed by atoms with E-state index in [-0.39, 0.29) is 23.7 Å². The number of carbonyl (C=O) groups is 3. The van der Waals surface area contributed by atoms with Gasteiger partial charge in [-0.3, -0.25) is 14.4 Å². The molecular weight excluding hydrogens is 260 g/mol. The number of rotatable bonds is 7. The molecule has 1 saturated carbocycles. The molecule has 1 aliphatic heterocycles. The fraction of sp³-hybridized carbons (Fsp3) is 0.786. The zero-order chi connectivity index (χ0) is 14.5. The second kappa shape index (κ2) is 6.72. The van der Waals surface area contributed by atoms with Crippen LogP contribution in [-0.2, 0) is 19.1 Å². The Morgan fingerprint density at radius 2 is 2.15 bits per heavy atom. The fourth-order valence-corrected chi connectivity index (χ4v) is 2.47. The van der Waals surface area contributed by atoms with Gasteiger partial charge in [0.15, 0.2) is 0 Å². The Hall–Kier alpha value is -1.59. The van der Waals surface area contributed by atoms with Gasteiger partial charge in [0.1, 0.15) is 0 Å². The predicted octanol–water partition coefficient (Wildman–Crippen LogP) is 0.457. The van der Waals surface area contributed by atoms with Gasteiger partial charge in [-0.05, 0) is 26.2 Å². The molecular formula is C14H22N2O4. The molecule has 0 aromatic rings. The molecule has 2 amide bonds. The monoisotopic (exact) mass is 282 g/mol. The quantitative estimate of drug-likeness (QED) is 0.543. The van der Waals surface area contributed by atoms with Crippen LogP contribution >= 0.6 is 0 Å². The van der Waals surface area contributed by atoms with Crippen molar-refractivity contribution in [3.05, 3.63) is 0 Å². The van der Waals surface area contributed by atoms with E-state index in [1.54, 1.807) is 6.92 Å². The highest BCUT2D eigenvalue weighted by Gasteiger charge is 2.41. The summed E-state index contributed by atoms with van der Waals surface area (Å²) in [5.41, 5.74) is 0. The van der Waals surface area contributed by atoms with E-state index in [2.05, 4.69) is 5.32 Å². The zero-order valence-corrected chi connectivity index (χ0v) is 11.9. The Bertz CT molecular complexity index is 393. The highest BCUT2D eigenvalue weighted by molar-refractivity contribution is 5.89. The average Bonchev–Trinajstić information content (AvgIpc) is 3.18. The molecule has 20 heavy (non-hydrogen) atoms. The van der Waals surface area contributed by atoms with Gasteiger partial charge >= 0.3 is 5.97 Å². The normalized spacial score (nSPS) is 21.9. The van der Waals surface area contributed by atoms with Crippen LogP contribution in [0.1, 0.15) is 39.0 Å². The second-order valence-electron chi connectivity index (χ2n) is 5.38. The first-order valence-corrected chi connectivity index (χ1v) is 7.34. The number of ether oxygens (including phenoxy) is 1. The van der Waals surface area contributed by atoms with Crippen LogP contribution in [0.5, 0.6) is 0 Å². The van der Waals surface area contributed by atoms with Crippen molar-refractivity contribution < 1.29 is 19.1 Å². The van der Waals surface area contributed by atoms with Crippen LogP contribution in [-0.4, -0.2) is 48.4 Å². The predicted molar refractivity (Wildman–Crippen MR) is 71.7 cm³/mol. The lowest BCUT2D eigenvalue weighted by molar-refractivity contribution is -0.143. The van der Waals surface area contributed by atoms with E-state index in [0.29, 0.717) is 45.0 Å². The Morgan fingerprint density at radius 1 is 1.40 bits per heavy atom. The number of esters is 1. The number of hydrogen-bond acceptors (Lipinski definition) is 4. The maximum Gasteiger partial charge on any atom is 0.305 e. The summed E-state index contributed by atoms with van der Waals surface area (Å²) in [6, 6.07) is 0.379. The molecule has 1 N–H and O–H groups in total. The van der Waals surface area contributed by atoms with Crippen molar-refractivity contribution in [1.82, 2.24) is 10.2 Å². The van der Waals surface area contributed by atoms with Crippen LogP contribution in [0, 0.1) is 5.92 Å². The molecule has 2 fully saturated rings. The molecule has 0 radical (unpaired) electrons. The molecule has 0 bridgehead atoms. The molecule has 6 heteroatoms. The standard InChI is InChI=1S/C14H22N2O4/c1-2-20-13(18)4-3-7-15-14(19)10-8-12(17)16(9-10)11-5-6-11/h10-11H,2-9H2,1H3,(H,15,19).